The third kappa shape index (κ3) is 12.0. The third-order valence-corrected chi connectivity index (χ3v) is 10.8. The molecule has 0 bridgehead atoms. The van der Waals surface area contributed by atoms with Gasteiger partial charge in [0, 0.05) is 13.0 Å². The molecule has 0 aromatic rings. The third-order valence-electron chi connectivity index (χ3n) is 10.8. The summed E-state index contributed by atoms with van der Waals surface area (Å²) in [6.07, 6.45) is -21.9. The van der Waals surface area contributed by atoms with Gasteiger partial charge in [-0.2, -0.15) is 0 Å². The molecule has 0 amide bonds. The Morgan fingerprint density at radius 3 is 1.03 bits per heavy atom. The molecule has 0 radical (unpaired) electrons. The molecule has 23 nitrogen and oxygen atoms in total. The lowest BCUT2D eigenvalue weighted by molar-refractivity contribution is -0.228. The van der Waals surface area contributed by atoms with Gasteiger partial charge in [0.1, 0.15) is 91.6 Å². The van der Waals surface area contributed by atoms with Crippen LogP contribution in [0.2, 0.25) is 0 Å². The molecular formula is C35H60O23. The molecule has 11 N–H and O–H groups in total. The van der Waals surface area contributed by atoms with Crippen LogP contribution in [-0.2, 0) is 56.9 Å². The first-order valence-corrected chi connectivity index (χ1v) is 19.6. The van der Waals surface area contributed by atoms with Gasteiger partial charge in [0.15, 0.2) is 31.5 Å². The summed E-state index contributed by atoms with van der Waals surface area (Å²) in [5.41, 5.74) is 0. The van der Waals surface area contributed by atoms with Crippen LogP contribution in [0.3, 0.4) is 0 Å². The van der Waals surface area contributed by atoms with Crippen LogP contribution in [-0.4, -0.2) is 232 Å². The summed E-state index contributed by atoms with van der Waals surface area (Å²) in [4.78, 5) is 11.2. The fraction of sp³-hybridized carbons (Fsp3) is 0.971. The number of carbonyl (C=O) groups is 1. The summed E-state index contributed by atoms with van der Waals surface area (Å²) < 4.78 is 59.7. The molecule has 338 valence electrons. The number of aliphatic hydroxyl groups excluding tert-OH is 11. The Labute approximate surface area is 333 Å². The second-order valence-corrected chi connectivity index (χ2v) is 15.0. The highest BCUT2D eigenvalue weighted by atomic mass is 16.8. The monoisotopic (exact) mass is 848 g/mol. The molecule has 5 rings (SSSR count). The summed E-state index contributed by atoms with van der Waals surface area (Å²) in [5, 5.41) is 113. The fourth-order valence-electron chi connectivity index (χ4n) is 7.10. The molecule has 20 atom stereocenters. The van der Waals surface area contributed by atoms with Crippen LogP contribution in [0.15, 0.2) is 0 Å². The van der Waals surface area contributed by atoms with Gasteiger partial charge in [0.2, 0.25) is 0 Å². The van der Waals surface area contributed by atoms with E-state index < -0.39 is 149 Å². The molecule has 5 saturated heterocycles. The van der Waals surface area contributed by atoms with E-state index >= 15 is 0 Å². The van der Waals surface area contributed by atoms with Crippen LogP contribution < -0.4 is 0 Å². The molecule has 0 saturated carbocycles. The van der Waals surface area contributed by atoms with Crippen molar-refractivity contribution >= 4 is 5.97 Å². The van der Waals surface area contributed by atoms with E-state index in [9.17, 15) is 61.0 Å². The first kappa shape index (κ1) is 47.7. The minimum absolute atomic E-state index is 0.225. The van der Waals surface area contributed by atoms with Crippen molar-refractivity contribution in [3.8, 4) is 0 Å². The van der Waals surface area contributed by atoms with Crippen molar-refractivity contribution in [1.82, 2.24) is 0 Å². The molecule has 58 heavy (non-hydrogen) atoms. The van der Waals surface area contributed by atoms with Crippen LogP contribution in [0, 0.1) is 0 Å². The smallest absolute Gasteiger partial charge is 0.305 e. The first-order valence-electron chi connectivity index (χ1n) is 19.6. The SMILES string of the molecule is COC(=O)CCCCCCCCO[C@H]1O[C@H](CO[C@H]2O[C@H](CO[C@H]3O[C@H](CO[C@H]4O[C@H](CO[C@H]5O[C@H](CO)[C@@H](O)[C@@H]5O)[C@@H](O)[C@@H]4O)[C@@H](O)[C@@H]3O)[C@@H](O)[C@@H]2O)[C@@H](O)[C@@H]1O. The highest BCUT2D eigenvalue weighted by Gasteiger charge is 2.51. The van der Waals surface area contributed by atoms with Crippen molar-refractivity contribution in [3.63, 3.8) is 0 Å². The standard InChI is InChI=1S/C35H60O23/c1-48-20(37)8-6-4-2-3-5-7-9-49-31-27(44)22(39)16(55-31)11-51-33-29(46)24(41)18(57-33)13-53-35-30(47)25(42)19(58-35)14-52-34-28(45)23(40)17(56-34)12-50-32-26(43)21(38)15(10-36)54-32/h15-19,21-36,38-47H,2-14H2,1H3/t15-,16-,17-,18-,19-,21-,22-,23-,24-,25-,26+,27+,28+,29+,30+,31+,32+,33+,34+,35+/m1/s1. The number of ether oxygens (including phenoxy) is 11. The van der Waals surface area contributed by atoms with E-state index in [1.807, 2.05) is 0 Å². The van der Waals surface area contributed by atoms with Gasteiger partial charge in [-0.1, -0.05) is 25.7 Å². The predicted octanol–water partition coefficient (Wildman–Crippen LogP) is -5.80. The second-order valence-electron chi connectivity index (χ2n) is 15.0. The molecule has 5 heterocycles. The molecule has 23 heteroatoms. The number of unbranched alkanes of at least 4 members (excludes halogenated alkanes) is 5. The lowest BCUT2D eigenvalue weighted by atomic mass is 10.1. The van der Waals surface area contributed by atoms with Crippen molar-refractivity contribution < 1.29 is 113 Å². The van der Waals surface area contributed by atoms with E-state index in [1.54, 1.807) is 0 Å². The number of esters is 1. The molecule has 0 spiro atoms. The molecule has 0 aromatic carbocycles. The topological polar surface area (TPSA) is 341 Å². The van der Waals surface area contributed by atoms with Crippen molar-refractivity contribution in [2.45, 2.75) is 168 Å². The molecule has 5 fully saturated rings. The van der Waals surface area contributed by atoms with Crippen molar-refractivity contribution in [3.05, 3.63) is 0 Å². The van der Waals surface area contributed by atoms with Gasteiger partial charge < -0.3 is 108 Å². The minimum atomic E-state index is -1.60. The van der Waals surface area contributed by atoms with Crippen molar-refractivity contribution in [2.75, 3.05) is 46.8 Å². The van der Waals surface area contributed by atoms with Crippen molar-refractivity contribution in [1.29, 1.82) is 0 Å². The van der Waals surface area contributed by atoms with Gasteiger partial charge in [0.25, 0.3) is 0 Å². The molecule has 5 aliphatic rings. The predicted molar refractivity (Wildman–Crippen MR) is 185 cm³/mol. The van der Waals surface area contributed by atoms with Crippen molar-refractivity contribution in [2.24, 2.45) is 0 Å². The zero-order chi connectivity index (χ0) is 42.1. The summed E-state index contributed by atoms with van der Waals surface area (Å²) in [5.74, 6) is -0.225. The Morgan fingerprint density at radius 2 is 0.707 bits per heavy atom. The fourth-order valence-corrected chi connectivity index (χ4v) is 7.10. The molecule has 0 unspecified atom stereocenters. The zero-order valence-electron chi connectivity index (χ0n) is 32.1. The minimum Gasteiger partial charge on any atom is -0.469 e. The zero-order valence-corrected chi connectivity index (χ0v) is 32.1. The Morgan fingerprint density at radius 1 is 0.414 bits per heavy atom. The Hall–Kier alpha value is -1.37. The van der Waals surface area contributed by atoms with Crippen LogP contribution in [0.1, 0.15) is 44.9 Å². The van der Waals surface area contributed by atoms with Gasteiger partial charge in [-0.15, -0.1) is 0 Å². The van der Waals surface area contributed by atoms with E-state index in [-0.39, 0.29) is 19.2 Å². The lowest BCUT2D eigenvalue weighted by Gasteiger charge is -2.21. The average molecular weight is 849 g/mol. The Kier molecular flexibility index (Phi) is 18.6. The molecule has 0 aliphatic carbocycles. The maximum atomic E-state index is 11.2. The van der Waals surface area contributed by atoms with Gasteiger partial charge in [-0.05, 0) is 12.8 Å². The number of rotatable bonds is 23. The summed E-state index contributed by atoms with van der Waals surface area (Å²) in [6, 6.07) is 0. The van der Waals surface area contributed by atoms with E-state index in [2.05, 4.69) is 4.74 Å². The van der Waals surface area contributed by atoms with Gasteiger partial charge in [-0.3, -0.25) is 4.79 Å². The number of hydrogen-bond donors (Lipinski definition) is 11. The Bertz CT molecular complexity index is 1220. The highest BCUT2D eigenvalue weighted by Crippen LogP contribution is 2.31. The summed E-state index contributed by atoms with van der Waals surface area (Å²) in [7, 11) is 1.36. The largest absolute Gasteiger partial charge is 0.469 e. The first-order chi connectivity index (χ1) is 27.7. The summed E-state index contributed by atoms with van der Waals surface area (Å²) >= 11 is 0. The quantitative estimate of drug-likeness (QED) is 0.0337. The van der Waals surface area contributed by atoms with E-state index in [0.717, 1.165) is 32.1 Å². The number of aliphatic hydroxyl groups is 11. The summed E-state index contributed by atoms with van der Waals surface area (Å²) in [6.45, 7) is -1.95. The van der Waals surface area contributed by atoms with E-state index in [1.165, 1.54) is 7.11 Å². The maximum Gasteiger partial charge on any atom is 0.305 e. The molecule has 0 aromatic heterocycles. The van der Waals surface area contributed by atoms with Crippen LogP contribution >= 0.6 is 0 Å². The van der Waals surface area contributed by atoms with E-state index in [0.29, 0.717) is 12.8 Å². The lowest BCUT2D eigenvalue weighted by Crippen LogP contribution is -2.39. The number of carbonyl (C=O) groups excluding carboxylic acids is 1. The maximum absolute atomic E-state index is 11.2. The normalized spacial score (nSPS) is 44.1. The van der Waals surface area contributed by atoms with Gasteiger partial charge in [-0.25, -0.2) is 0 Å². The van der Waals surface area contributed by atoms with Gasteiger partial charge in [0.05, 0.1) is 40.1 Å². The molecule has 5 aliphatic heterocycles. The number of hydrogen-bond acceptors (Lipinski definition) is 23. The van der Waals surface area contributed by atoms with E-state index in [4.69, 9.17) is 47.4 Å². The average Bonchev–Trinajstić information content (AvgIpc) is 3.93. The highest BCUT2D eigenvalue weighted by molar-refractivity contribution is 5.68. The van der Waals surface area contributed by atoms with Crippen LogP contribution in [0.4, 0.5) is 0 Å². The van der Waals surface area contributed by atoms with Crippen LogP contribution in [0.5, 0.6) is 0 Å². The number of methoxy groups -OCH3 is 1. The van der Waals surface area contributed by atoms with Crippen LogP contribution in [0.25, 0.3) is 0 Å². The molecular weight excluding hydrogens is 788 g/mol. The Balaban J connectivity index is 0.969. The second kappa shape index (κ2) is 22.6. The van der Waals surface area contributed by atoms with Gasteiger partial charge >= 0.3 is 5.97 Å².